The van der Waals surface area contributed by atoms with Gasteiger partial charge in [0.15, 0.2) is 0 Å². The Hall–Kier alpha value is -1.48. The van der Waals surface area contributed by atoms with Crippen molar-refractivity contribution in [3.8, 4) is 5.75 Å². The summed E-state index contributed by atoms with van der Waals surface area (Å²) in [7, 11) is 1.91. The summed E-state index contributed by atoms with van der Waals surface area (Å²) in [5.74, 6) is 1.89. The molecule has 1 N–H and O–H groups in total. The van der Waals surface area contributed by atoms with E-state index in [-0.39, 0.29) is 0 Å². The predicted molar refractivity (Wildman–Crippen MR) is 64.9 cm³/mol. The molecular formula is C13H17NO2. The lowest BCUT2D eigenvalue weighted by Gasteiger charge is -2.01. The monoisotopic (exact) mass is 219 g/mol. The van der Waals surface area contributed by atoms with E-state index in [0.717, 1.165) is 29.0 Å². The molecule has 0 fully saturated rings. The van der Waals surface area contributed by atoms with Crippen LogP contribution < -0.4 is 10.1 Å². The first-order valence-corrected chi connectivity index (χ1v) is 5.55. The fourth-order valence-electron chi connectivity index (χ4n) is 1.84. The summed E-state index contributed by atoms with van der Waals surface area (Å²) in [6.07, 6.45) is 0. The highest BCUT2D eigenvalue weighted by molar-refractivity contribution is 5.83. The molecule has 1 aromatic heterocycles. The number of hydrogen-bond acceptors (Lipinski definition) is 3. The molecule has 0 spiro atoms. The van der Waals surface area contributed by atoms with Crippen molar-refractivity contribution in [3.05, 3.63) is 29.5 Å². The van der Waals surface area contributed by atoms with Crippen LogP contribution >= 0.6 is 0 Å². The van der Waals surface area contributed by atoms with Gasteiger partial charge in [-0.1, -0.05) is 0 Å². The molecular weight excluding hydrogens is 202 g/mol. The van der Waals surface area contributed by atoms with Crippen LogP contribution in [0.2, 0.25) is 0 Å². The Morgan fingerprint density at radius 1 is 1.38 bits per heavy atom. The third kappa shape index (κ3) is 1.91. The fraction of sp³-hybridized carbons (Fsp3) is 0.385. The highest BCUT2D eigenvalue weighted by Crippen LogP contribution is 2.28. The molecule has 2 aromatic rings. The fourth-order valence-corrected chi connectivity index (χ4v) is 1.84. The molecule has 0 saturated heterocycles. The normalized spacial score (nSPS) is 10.9. The second-order valence-corrected chi connectivity index (χ2v) is 3.77. The van der Waals surface area contributed by atoms with Crippen molar-refractivity contribution in [2.45, 2.75) is 20.4 Å². The van der Waals surface area contributed by atoms with Gasteiger partial charge in [0.25, 0.3) is 0 Å². The lowest BCUT2D eigenvalue weighted by Crippen LogP contribution is -2.04. The van der Waals surface area contributed by atoms with E-state index in [1.165, 1.54) is 5.56 Å². The van der Waals surface area contributed by atoms with Gasteiger partial charge in [-0.3, -0.25) is 0 Å². The molecule has 0 atom stereocenters. The van der Waals surface area contributed by atoms with E-state index in [1.807, 2.05) is 32.2 Å². The Bertz CT molecular complexity index is 488. The lowest BCUT2D eigenvalue weighted by molar-refractivity contribution is 0.340. The minimum Gasteiger partial charge on any atom is -0.494 e. The number of hydrogen-bond donors (Lipinski definition) is 1. The van der Waals surface area contributed by atoms with E-state index >= 15 is 0 Å². The molecule has 2 rings (SSSR count). The van der Waals surface area contributed by atoms with E-state index in [2.05, 4.69) is 12.2 Å². The number of benzene rings is 1. The van der Waals surface area contributed by atoms with Gasteiger partial charge in [0.1, 0.15) is 17.1 Å². The topological polar surface area (TPSA) is 34.4 Å². The van der Waals surface area contributed by atoms with Crippen molar-refractivity contribution >= 4 is 11.0 Å². The molecule has 0 saturated carbocycles. The largest absolute Gasteiger partial charge is 0.494 e. The molecule has 0 aliphatic rings. The van der Waals surface area contributed by atoms with Crippen LogP contribution in [0, 0.1) is 6.92 Å². The molecule has 0 unspecified atom stereocenters. The second-order valence-electron chi connectivity index (χ2n) is 3.77. The van der Waals surface area contributed by atoms with Crippen LogP contribution in [-0.2, 0) is 6.54 Å². The number of furan rings is 1. The standard InChI is InChI=1S/C13H17NO2/c1-4-15-10-5-6-12-11(7-10)9(2)13(16-12)8-14-3/h5-7,14H,4,8H2,1-3H3. The van der Waals surface area contributed by atoms with Crippen LogP contribution in [-0.4, -0.2) is 13.7 Å². The average molecular weight is 219 g/mol. The zero-order valence-corrected chi connectivity index (χ0v) is 9.96. The summed E-state index contributed by atoms with van der Waals surface area (Å²) in [5, 5.41) is 4.24. The van der Waals surface area contributed by atoms with Crippen LogP contribution in [0.3, 0.4) is 0 Å². The van der Waals surface area contributed by atoms with Crippen molar-refractivity contribution in [3.63, 3.8) is 0 Å². The molecule has 0 aliphatic carbocycles. The van der Waals surface area contributed by atoms with E-state index < -0.39 is 0 Å². The predicted octanol–water partition coefficient (Wildman–Crippen LogP) is 2.86. The first kappa shape index (κ1) is 11.0. The second kappa shape index (κ2) is 4.58. The van der Waals surface area contributed by atoms with Gasteiger partial charge in [-0.2, -0.15) is 0 Å². The van der Waals surface area contributed by atoms with Crippen LogP contribution in [0.15, 0.2) is 22.6 Å². The zero-order chi connectivity index (χ0) is 11.5. The van der Waals surface area contributed by atoms with Gasteiger partial charge in [-0.15, -0.1) is 0 Å². The van der Waals surface area contributed by atoms with Crippen molar-refractivity contribution in [1.82, 2.24) is 5.32 Å². The number of ether oxygens (including phenoxy) is 1. The maximum Gasteiger partial charge on any atom is 0.134 e. The van der Waals surface area contributed by atoms with Gasteiger partial charge in [-0.25, -0.2) is 0 Å². The third-order valence-electron chi connectivity index (χ3n) is 2.65. The van der Waals surface area contributed by atoms with Crippen molar-refractivity contribution in [2.24, 2.45) is 0 Å². The van der Waals surface area contributed by atoms with E-state index in [1.54, 1.807) is 0 Å². The molecule has 3 heteroatoms. The van der Waals surface area contributed by atoms with Gasteiger partial charge in [0.2, 0.25) is 0 Å². The minimum absolute atomic E-state index is 0.686. The number of rotatable bonds is 4. The molecule has 1 aromatic carbocycles. The lowest BCUT2D eigenvalue weighted by atomic mass is 10.1. The summed E-state index contributed by atoms with van der Waals surface area (Å²) in [6.45, 7) is 5.50. The summed E-state index contributed by atoms with van der Waals surface area (Å²) >= 11 is 0. The maximum absolute atomic E-state index is 5.75. The Morgan fingerprint density at radius 3 is 2.88 bits per heavy atom. The van der Waals surface area contributed by atoms with E-state index in [4.69, 9.17) is 9.15 Å². The van der Waals surface area contributed by atoms with Gasteiger partial charge in [-0.05, 0) is 44.7 Å². The Morgan fingerprint density at radius 2 is 2.19 bits per heavy atom. The van der Waals surface area contributed by atoms with Gasteiger partial charge in [0.05, 0.1) is 13.2 Å². The summed E-state index contributed by atoms with van der Waals surface area (Å²) in [4.78, 5) is 0. The van der Waals surface area contributed by atoms with E-state index in [9.17, 15) is 0 Å². The Labute approximate surface area is 95.4 Å². The SMILES string of the molecule is CCOc1ccc2oc(CNC)c(C)c2c1. The smallest absolute Gasteiger partial charge is 0.134 e. The van der Waals surface area contributed by atoms with Gasteiger partial charge >= 0.3 is 0 Å². The molecule has 0 bridgehead atoms. The molecule has 1 heterocycles. The minimum atomic E-state index is 0.686. The number of aryl methyl sites for hydroxylation is 1. The van der Waals surface area contributed by atoms with Gasteiger partial charge in [0, 0.05) is 5.39 Å². The van der Waals surface area contributed by atoms with Crippen molar-refractivity contribution in [1.29, 1.82) is 0 Å². The quantitative estimate of drug-likeness (QED) is 0.858. The molecule has 86 valence electrons. The van der Waals surface area contributed by atoms with Crippen LogP contribution in [0.5, 0.6) is 5.75 Å². The summed E-state index contributed by atoms with van der Waals surface area (Å²) in [6, 6.07) is 5.95. The first-order valence-electron chi connectivity index (χ1n) is 5.55. The molecule has 0 radical (unpaired) electrons. The Balaban J connectivity index is 2.46. The molecule has 0 aliphatic heterocycles. The van der Waals surface area contributed by atoms with Crippen LogP contribution in [0.4, 0.5) is 0 Å². The molecule has 3 nitrogen and oxygen atoms in total. The number of fused-ring (bicyclic) bond motifs is 1. The third-order valence-corrected chi connectivity index (χ3v) is 2.65. The highest BCUT2D eigenvalue weighted by Gasteiger charge is 2.10. The average Bonchev–Trinajstić information content (AvgIpc) is 2.58. The summed E-state index contributed by atoms with van der Waals surface area (Å²) < 4.78 is 11.2. The van der Waals surface area contributed by atoms with E-state index in [0.29, 0.717) is 6.61 Å². The zero-order valence-electron chi connectivity index (χ0n) is 9.96. The Kier molecular flexibility index (Phi) is 3.15. The van der Waals surface area contributed by atoms with Crippen molar-refractivity contribution in [2.75, 3.05) is 13.7 Å². The number of nitrogens with one attached hydrogen (secondary N) is 1. The highest BCUT2D eigenvalue weighted by atomic mass is 16.5. The maximum atomic E-state index is 5.75. The van der Waals surface area contributed by atoms with Crippen molar-refractivity contribution < 1.29 is 9.15 Å². The summed E-state index contributed by atoms with van der Waals surface area (Å²) in [5.41, 5.74) is 2.11. The molecule has 0 amide bonds. The first-order chi connectivity index (χ1) is 7.76. The van der Waals surface area contributed by atoms with Crippen LogP contribution in [0.1, 0.15) is 18.2 Å². The molecule has 16 heavy (non-hydrogen) atoms. The van der Waals surface area contributed by atoms with Crippen LogP contribution in [0.25, 0.3) is 11.0 Å². The van der Waals surface area contributed by atoms with Gasteiger partial charge < -0.3 is 14.5 Å².